The van der Waals surface area contributed by atoms with Gasteiger partial charge in [-0.1, -0.05) is 37.8 Å². The summed E-state index contributed by atoms with van der Waals surface area (Å²) >= 11 is 0. The fraction of sp³-hybridized carbons (Fsp3) is 0.571. The molecule has 156 valence electrons. The molecule has 2 atom stereocenters. The summed E-state index contributed by atoms with van der Waals surface area (Å²) in [6.45, 7) is 0. The van der Waals surface area contributed by atoms with Gasteiger partial charge < -0.3 is 20.1 Å². The van der Waals surface area contributed by atoms with Gasteiger partial charge in [0.25, 0.3) is 0 Å². The Bertz CT molecular complexity index is 624. The van der Waals surface area contributed by atoms with E-state index in [1.807, 2.05) is 24.3 Å². The summed E-state index contributed by atoms with van der Waals surface area (Å²) in [5, 5.41) is 27.0. The van der Waals surface area contributed by atoms with Crippen LogP contribution in [0.4, 0.5) is 0 Å². The molecule has 7 nitrogen and oxygen atoms in total. The number of rotatable bonds is 15. The molecule has 0 aliphatic rings. The predicted octanol–water partition coefficient (Wildman–Crippen LogP) is 3.84. The summed E-state index contributed by atoms with van der Waals surface area (Å²) in [6, 6.07) is 7.58. The fourth-order valence-corrected chi connectivity index (χ4v) is 3.35. The van der Waals surface area contributed by atoms with Crippen LogP contribution in [-0.2, 0) is 20.8 Å². The molecule has 3 N–H and O–H groups in total. The van der Waals surface area contributed by atoms with Gasteiger partial charge in [0.2, 0.25) is 0 Å². The number of unbranched alkanes of at least 4 members (excludes halogenated alkanes) is 3. The van der Waals surface area contributed by atoms with Crippen molar-refractivity contribution in [1.29, 1.82) is 0 Å². The summed E-state index contributed by atoms with van der Waals surface area (Å²) in [5.74, 6) is -3.10. The maximum atomic E-state index is 11.4. The van der Waals surface area contributed by atoms with Crippen molar-refractivity contribution in [2.75, 3.05) is 7.11 Å². The first-order chi connectivity index (χ1) is 13.3. The van der Waals surface area contributed by atoms with Gasteiger partial charge in [0.05, 0.1) is 19.4 Å². The third-order valence-electron chi connectivity index (χ3n) is 4.82. The Morgan fingerprint density at radius 1 is 0.929 bits per heavy atom. The first kappa shape index (κ1) is 23.5. The van der Waals surface area contributed by atoms with Gasteiger partial charge in [0.15, 0.2) is 0 Å². The smallest absolute Gasteiger partial charge is 0.307 e. The molecule has 0 saturated heterocycles. The normalized spacial score (nSPS) is 12.9. The van der Waals surface area contributed by atoms with Crippen LogP contribution in [0.15, 0.2) is 24.3 Å². The molecule has 0 heterocycles. The molecule has 28 heavy (non-hydrogen) atoms. The van der Waals surface area contributed by atoms with Crippen molar-refractivity contribution in [1.82, 2.24) is 0 Å². The van der Waals surface area contributed by atoms with Crippen LogP contribution >= 0.6 is 0 Å². The Kier molecular flexibility index (Phi) is 10.7. The van der Waals surface area contributed by atoms with Crippen molar-refractivity contribution in [2.45, 2.75) is 57.8 Å². The number of benzene rings is 1. The number of aliphatic carboxylic acids is 3. The van der Waals surface area contributed by atoms with Crippen molar-refractivity contribution in [2.24, 2.45) is 11.8 Å². The third-order valence-corrected chi connectivity index (χ3v) is 4.82. The van der Waals surface area contributed by atoms with Crippen molar-refractivity contribution in [3.05, 3.63) is 29.8 Å². The van der Waals surface area contributed by atoms with Crippen LogP contribution in [0, 0.1) is 11.8 Å². The Hall–Kier alpha value is -2.57. The second-order valence-corrected chi connectivity index (χ2v) is 7.13. The van der Waals surface area contributed by atoms with Gasteiger partial charge in [0, 0.05) is 6.42 Å². The fourth-order valence-electron chi connectivity index (χ4n) is 3.35. The van der Waals surface area contributed by atoms with Gasteiger partial charge >= 0.3 is 17.9 Å². The summed E-state index contributed by atoms with van der Waals surface area (Å²) in [5.41, 5.74) is 1.05. The number of carboxylic acid groups (broad SMARTS) is 3. The Labute approximate surface area is 165 Å². The lowest BCUT2D eigenvalue weighted by atomic mass is 9.84. The lowest BCUT2D eigenvalue weighted by Crippen LogP contribution is -2.22. The van der Waals surface area contributed by atoms with E-state index in [0.29, 0.717) is 19.3 Å². The standard InChI is InChI=1S/C21H30O7/c1-28-18-10-8-15(9-11-18)12-16(6-4-2-3-5-7-19(22)23)13-17(21(26)27)14-20(24)25/h8-11,16-17H,2-7,12-14H2,1H3,(H,22,23)(H,24,25)(H,26,27). The zero-order chi connectivity index (χ0) is 20.9. The highest BCUT2D eigenvalue weighted by Crippen LogP contribution is 2.26. The lowest BCUT2D eigenvalue weighted by molar-refractivity contribution is -0.148. The summed E-state index contributed by atoms with van der Waals surface area (Å²) in [6.07, 6.45) is 4.73. The van der Waals surface area contributed by atoms with Gasteiger partial charge in [-0.3, -0.25) is 14.4 Å². The minimum atomic E-state index is -1.11. The summed E-state index contributed by atoms with van der Waals surface area (Å²) in [4.78, 5) is 33.0. The molecule has 0 spiro atoms. The number of hydrogen-bond acceptors (Lipinski definition) is 4. The minimum Gasteiger partial charge on any atom is -0.497 e. The van der Waals surface area contributed by atoms with E-state index in [1.54, 1.807) is 7.11 Å². The number of hydrogen-bond donors (Lipinski definition) is 3. The maximum Gasteiger partial charge on any atom is 0.307 e. The van der Waals surface area contributed by atoms with E-state index in [4.69, 9.17) is 14.9 Å². The van der Waals surface area contributed by atoms with Gasteiger partial charge in [-0.2, -0.15) is 0 Å². The first-order valence-corrected chi connectivity index (χ1v) is 9.61. The number of carbonyl (C=O) groups is 3. The topological polar surface area (TPSA) is 121 Å². The number of carboxylic acids is 3. The van der Waals surface area contributed by atoms with Gasteiger partial charge in [-0.15, -0.1) is 0 Å². The second-order valence-electron chi connectivity index (χ2n) is 7.13. The molecule has 0 fully saturated rings. The van der Waals surface area contributed by atoms with E-state index in [2.05, 4.69) is 0 Å². The largest absolute Gasteiger partial charge is 0.497 e. The molecule has 0 bridgehead atoms. The highest BCUT2D eigenvalue weighted by molar-refractivity contribution is 5.77. The predicted molar refractivity (Wildman–Crippen MR) is 104 cm³/mol. The van der Waals surface area contributed by atoms with E-state index < -0.39 is 23.8 Å². The molecule has 1 aromatic carbocycles. The van der Waals surface area contributed by atoms with Crippen LogP contribution < -0.4 is 4.74 Å². The highest BCUT2D eigenvalue weighted by atomic mass is 16.5. The Morgan fingerprint density at radius 3 is 2.11 bits per heavy atom. The molecule has 0 radical (unpaired) electrons. The minimum absolute atomic E-state index is 0.0494. The molecular weight excluding hydrogens is 364 g/mol. The third kappa shape index (κ3) is 9.94. The maximum absolute atomic E-state index is 11.4. The quantitative estimate of drug-likeness (QED) is 0.386. The number of ether oxygens (including phenoxy) is 1. The average molecular weight is 394 g/mol. The summed E-state index contributed by atoms with van der Waals surface area (Å²) < 4.78 is 5.15. The molecule has 7 heteroatoms. The van der Waals surface area contributed by atoms with Gasteiger partial charge in [0.1, 0.15) is 5.75 Å². The molecule has 0 aliphatic carbocycles. The molecule has 0 amide bonds. The highest BCUT2D eigenvalue weighted by Gasteiger charge is 2.25. The SMILES string of the molecule is COc1ccc(CC(CCCCCCC(=O)O)CC(CC(=O)O)C(=O)O)cc1. The van der Waals surface area contributed by atoms with Crippen molar-refractivity contribution >= 4 is 17.9 Å². The van der Waals surface area contributed by atoms with Crippen LogP contribution in [0.2, 0.25) is 0 Å². The van der Waals surface area contributed by atoms with E-state index in [9.17, 15) is 19.5 Å². The van der Waals surface area contributed by atoms with E-state index in [1.165, 1.54) is 0 Å². The second kappa shape index (κ2) is 12.8. The van der Waals surface area contributed by atoms with E-state index >= 15 is 0 Å². The monoisotopic (exact) mass is 394 g/mol. The van der Waals surface area contributed by atoms with Gasteiger partial charge in [-0.25, -0.2) is 0 Å². The van der Waals surface area contributed by atoms with Crippen LogP contribution in [0.1, 0.15) is 56.9 Å². The molecule has 1 aromatic rings. The molecule has 0 saturated carbocycles. The summed E-state index contributed by atoms with van der Waals surface area (Å²) in [7, 11) is 1.59. The number of methoxy groups -OCH3 is 1. The van der Waals surface area contributed by atoms with E-state index in [-0.39, 0.29) is 18.8 Å². The van der Waals surface area contributed by atoms with Crippen LogP contribution in [-0.4, -0.2) is 40.3 Å². The Balaban J connectivity index is 2.67. The van der Waals surface area contributed by atoms with Crippen molar-refractivity contribution in [3.63, 3.8) is 0 Å². The van der Waals surface area contributed by atoms with Crippen molar-refractivity contribution < 1.29 is 34.4 Å². The van der Waals surface area contributed by atoms with Gasteiger partial charge in [-0.05, 0) is 42.9 Å². The molecule has 0 aliphatic heterocycles. The zero-order valence-electron chi connectivity index (χ0n) is 16.3. The van der Waals surface area contributed by atoms with Crippen molar-refractivity contribution in [3.8, 4) is 5.75 Å². The molecular formula is C21H30O7. The average Bonchev–Trinajstić information content (AvgIpc) is 2.63. The Morgan fingerprint density at radius 2 is 1.57 bits per heavy atom. The zero-order valence-corrected chi connectivity index (χ0v) is 16.3. The molecule has 1 rings (SSSR count). The van der Waals surface area contributed by atoms with Crippen LogP contribution in [0.3, 0.4) is 0 Å². The molecule has 2 unspecified atom stereocenters. The van der Waals surface area contributed by atoms with Crippen LogP contribution in [0.25, 0.3) is 0 Å². The van der Waals surface area contributed by atoms with E-state index in [0.717, 1.165) is 37.0 Å². The van der Waals surface area contributed by atoms with Crippen LogP contribution in [0.5, 0.6) is 5.75 Å². The molecule has 0 aromatic heterocycles. The lowest BCUT2D eigenvalue weighted by Gasteiger charge is -2.21. The first-order valence-electron chi connectivity index (χ1n) is 9.61.